The minimum Gasteiger partial charge on any atom is -0.433 e. The summed E-state index contributed by atoms with van der Waals surface area (Å²) in [6.45, 7) is -2.98. The molecule has 0 atom stereocenters. The van der Waals surface area contributed by atoms with Crippen LogP contribution in [0.15, 0.2) is 60.7 Å². The van der Waals surface area contributed by atoms with Crippen molar-refractivity contribution in [3.8, 4) is 5.75 Å². The Hall–Kier alpha value is -2.77. The zero-order chi connectivity index (χ0) is 19.4. The third-order valence-electron chi connectivity index (χ3n) is 3.69. The monoisotopic (exact) mass is 406 g/mol. The SMILES string of the molecule is O=C(NC(=S)Nc1ccccc1OC(F)F)c1cccc2c(Cl)cccc12. The van der Waals surface area contributed by atoms with Gasteiger partial charge in [0.05, 0.1) is 5.69 Å². The maximum absolute atomic E-state index is 12.6. The van der Waals surface area contributed by atoms with Gasteiger partial charge in [-0.15, -0.1) is 0 Å². The number of alkyl halides is 2. The van der Waals surface area contributed by atoms with Gasteiger partial charge in [-0.1, -0.05) is 48.0 Å². The molecule has 0 aliphatic carbocycles. The number of fused-ring (bicyclic) bond motifs is 1. The first-order valence-corrected chi connectivity index (χ1v) is 8.58. The first kappa shape index (κ1) is 19.0. The summed E-state index contributed by atoms with van der Waals surface area (Å²) >= 11 is 11.3. The average molecular weight is 407 g/mol. The van der Waals surface area contributed by atoms with E-state index in [-0.39, 0.29) is 16.5 Å². The number of hydrogen-bond acceptors (Lipinski definition) is 3. The van der Waals surface area contributed by atoms with E-state index >= 15 is 0 Å². The highest BCUT2D eigenvalue weighted by atomic mass is 35.5. The summed E-state index contributed by atoms with van der Waals surface area (Å²) in [5.41, 5.74) is 0.598. The van der Waals surface area contributed by atoms with E-state index < -0.39 is 12.5 Å². The molecule has 8 heteroatoms. The van der Waals surface area contributed by atoms with Gasteiger partial charge in [0.15, 0.2) is 5.11 Å². The first-order chi connectivity index (χ1) is 13.0. The lowest BCUT2D eigenvalue weighted by atomic mass is 10.0. The number of anilines is 1. The molecule has 0 saturated heterocycles. The number of amides is 1. The lowest BCUT2D eigenvalue weighted by Gasteiger charge is -2.14. The number of hydrogen-bond donors (Lipinski definition) is 2. The summed E-state index contributed by atoms with van der Waals surface area (Å²) in [7, 11) is 0. The number of rotatable bonds is 4. The third kappa shape index (κ3) is 4.50. The van der Waals surface area contributed by atoms with Crippen molar-refractivity contribution >= 4 is 51.3 Å². The molecule has 0 aliphatic heterocycles. The van der Waals surface area contributed by atoms with E-state index in [1.807, 2.05) is 6.07 Å². The van der Waals surface area contributed by atoms with Crippen LogP contribution in [0.3, 0.4) is 0 Å². The van der Waals surface area contributed by atoms with Crippen LogP contribution in [-0.4, -0.2) is 17.6 Å². The predicted octanol–water partition coefficient (Wildman–Crippen LogP) is 5.22. The van der Waals surface area contributed by atoms with Crippen LogP contribution in [0.2, 0.25) is 5.02 Å². The fourth-order valence-corrected chi connectivity index (χ4v) is 3.00. The van der Waals surface area contributed by atoms with Crippen LogP contribution in [0.5, 0.6) is 5.75 Å². The average Bonchev–Trinajstić information content (AvgIpc) is 2.63. The summed E-state index contributed by atoms with van der Waals surface area (Å²) in [5, 5.41) is 7.11. The molecule has 4 nitrogen and oxygen atoms in total. The van der Waals surface area contributed by atoms with Crippen molar-refractivity contribution in [3.05, 3.63) is 71.2 Å². The molecule has 0 aromatic heterocycles. The Kier molecular flexibility index (Phi) is 5.83. The second-order valence-corrected chi connectivity index (χ2v) is 6.24. The fraction of sp³-hybridized carbons (Fsp3) is 0.0526. The molecule has 0 heterocycles. The molecule has 27 heavy (non-hydrogen) atoms. The van der Waals surface area contributed by atoms with Crippen LogP contribution in [0.4, 0.5) is 14.5 Å². The van der Waals surface area contributed by atoms with Crippen molar-refractivity contribution < 1.29 is 18.3 Å². The second-order valence-electron chi connectivity index (χ2n) is 5.42. The highest BCUT2D eigenvalue weighted by molar-refractivity contribution is 7.80. The third-order valence-corrected chi connectivity index (χ3v) is 4.23. The highest BCUT2D eigenvalue weighted by Gasteiger charge is 2.14. The second kappa shape index (κ2) is 8.28. The Bertz CT molecular complexity index is 1010. The largest absolute Gasteiger partial charge is 0.433 e. The van der Waals surface area contributed by atoms with Crippen LogP contribution in [0.1, 0.15) is 10.4 Å². The Morgan fingerprint density at radius 3 is 2.48 bits per heavy atom. The maximum atomic E-state index is 12.6. The minimum atomic E-state index is -2.98. The molecule has 0 unspecified atom stereocenters. The topological polar surface area (TPSA) is 50.4 Å². The van der Waals surface area contributed by atoms with E-state index in [9.17, 15) is 13.6 Å². The van der Waals surface area contributed by atoms with Gasteiger partial charge in [0.25, 0.3) is 5.91 Å². The van der Waals surface area contributed by atoms with Crippen molar-refractivity contribution in [2.75, 3.05) is 5.32 Å². The predicted molar refractivity (Wildman–Crippen MR) is 106 cm³/mol. The van der Waals surface area contributed by atoms with E-state index in [2.05, 4.69) is 15.4 Å². The quantitative estimate of drug-likeness (QED) is 0.583. The Morgan fingerprint density at radius 2 is 1.70 bits per heavy atom. The van der Waals surface area contributed by atoms with E-state index in [4.69, 9.17) is 23.8 Å². The fourth-order valence-electron chi connectivity index (χ4n) is 2.56. The van der Waals surface area contributed by atoms with Gasteiger partial charge in [-0.25, -0.2) is 0 Å². The number of halogens is 3. The first-order valence-electron chi connectivity index (χ1n) is 7.79. The summed E-state index contributed by atoms with van der Waals surface area (Å²) in [6, 6.07) is 16.5. The molecular formula is C19H13ClF2N2O2S. The van der Waals surface area contributed by atoms with Crippen molar-refractivity contribution in [1.29, 1.82) is 0 Å². The number of carbonyl (C=O) groups excluding carboxylic acids is 1. The lowest BCUT2D eigenvalue weighted by molar-refractivity contribution is -0.0493. The molecular weight excluding hydrogens is 394 g/mol. The van der Waals surface area contributed by atoms with E-state index in [1.165, 1.54) is 12.1 Å². The number of nitrogens with one attached hydrogen (secondary N) is 2. The Balaban J connectivity index is 1.78. The van der Waals surface area contributed by atoms with Crippen LogP contribution < -0.4 is 15.4 Å². The summed E-state index contributed by atoms with van der Waals surface area (Å²) in [5.74, 6) is -0.534. The van der Waals surface area contributed by atoms with Gasteiger partial charge < -0.3 is 10.1 Å². The standard InChI is InChI=1S/C19H13ClF2N2O2S/c20-14-8-4-5-11-12(14)6-3-7-13(11)17(25)24-19(27)23-15-9-1-2-10-16(15)26-18(21)22/h1-10,18H,(H2,23,24,25,27). The molecule has 3 aromatic rings. The van der Waals surface area contributed by atoms with E-state index in [1.54, 1.807) is 42.5 Å². The lowest BCUT2D eigenvalue weighted by Crippen LogP contribution is -2.34. The molecule has 3 rings (SSSR count). The minimum absolute atomic E-state index is 0.0515. The van der Waals surface area contributed by atoms with Crippen LogP contribution >= 0.6 is 23.8 Å². The number of thiocarbonyl (C=S) groups is 1. The van der Waals surface area contributed by atoms with Crippen molar-refractivity contribution in [1.82, 2.24) is 5.32 Å². The smallest absolute Gasteiger partial charge is 0.387 e. The number of ether oxygens (including phenoxy) is 1. The molecule has 0 radical (unpaired) electrons. The molecule has 0 saturated carbocycles. The van der Waals surface area contributed by atoms with Crippen LogP contribution in [0.25, 0.3) is 10.8 Å². The Labute approximate surface area is 164 Å². The van der Waals surface area contributed by atoms with Gasteiger partial charge in [0.1, 0.15) is 5.75 Å². The zero-order valence-corrected chi connectivity index (χ0v) is 15.3. The van der Waals surface area contributed by atoms with Gasteiger partial charge in [-0.3, -0.25) is 10.1 Å². The summed E-state index contributed by atoms with van der Waals surface area (Å²) in [4.78, 5) is 12.6. The van der Waals surface area contributed by atoms with Crippen molar-refractivity contribution in [2.24, 2.45) is 0 Å². The summed E-state index contributed by atoms with van der Waals surface area (Å²) < 4.78 is 29.4. The van der Waals surface area contributed by atoms with E-state index in [0.717, 1.165) is 5.39 Å². The normalized spacial score (nSPS) is 10.7. The van der Waals surface area contributed by atoms with E-state index in [0.29, 0.717) is 16.0 Å². The van der Waals surface area contributed by atoms with Crippen molar-refractivity contribution in [3.63, 3.8) is 0 Å². The summed E-state index contributed by atoms with van der Waals surface area (Å²) in [6.07, 6.45) is 0. The molecule has 2 N–H and O–H groups in total. The van der Waals surface area contributed by atoms with Crippen molar-refractivity contribution in [2.45, 2.75) is 6.61 Å². The molecule has 3 aromatic carbocycles. The molecule has 0 bridgehead atoms. The molecule has 1 amide bonds. The van der Waals surface area contributed by atoms with Crippen LogP contribution in [-0.2, 0) is 0 Å². The van der Waals surface area contributed by atoms with Gasteiger partial charge in [0.2, 0.25) is 0 Å². The van der Waals surface area contributed by atoms with Gasteiger partial charge in [-0.05, 0) is 41.9 Å². The molecule has 138 valence electrons. The number of carbonyl (C=O) groups is 1. The highest BCUT2D eigenvalue weighted by Crippen LogP contribution is 2.27. The number of para-hydroxylation sites is 2. The molecule has 0 aliphatic rings. The van der Waals surface area contributed by atoms with Gasteiger partial charge in [0, 0.05) is 16.0 Å². The number of benzene rings is 3. The van der Waals surface area contributed by atoms with Crippen LogP contribution in [0, 0.1) is 0 Å². The maximum Gasteiger partial charge on any atom is 0.387 e. The Morgan fingerprint density at radius 1 is 1.00 bits per heavy atom. The molecule has 0 fully saturated rings. The zero-order valence-electron chi connectivity index (χ0n) is 13.7. The molecule has 0 spiro atoms. The van der Waals surface area contributed by atoms with Gasteiger partial charge in [-0.2, -0.15) is 8.78 Å². The van der Waals surface area contributed by atoms with Gasteiger partial charge >= 0.3 is 6.61 Å².